The van der Waals surface area contributed by atoms with Crippen LogP contribution in [0.2, 0.25) is 0 Å². The van der Waals surface area contributed by atoms with Crippen LogP contribution < -0.4 is 10.5 Å². The monoisotopic (exact) mass is 355 g/mol. The summed E-state index contributed by atoms with van der Waals surface area (Å²) < 4.78 is 46.5. The van der Waals surface area contributed by atoms with Crippen molar-refractivity contribution in [2.75, 3.05) is 26.4 Å². The maximum Gasteiger partial charge on any atom is 0.411 e. The highest BCUT2D eigenvalue weighted by molar-refractivity contribution is 9.10. The predicted molar refractivity (Wildman–Crippen MR) is 73.9 cm³/mol. The van der Waals surface area contributed by atoms with Crippen molar-refractivity contribution in [3.05, 3.63) is 28.2 Å². The molecule has 1 aromatic rings. The minimum Gasteiger partial charge on any atom is -0.493 e. The molecule has 0 aromatic heterocycles. The van der Waals surface area contributed by atoms with Crippen LogP contribution in [0, 0.1) is 0 Å². The van der Waals surface area contributed by atoms with Crippen LogP contribution in [0.5, 0.6) is 5.75 Å². The molecule has 2 N–H and O–H groups in total. The number of alkyl halides is 3. The van der Waals surface area contributed by atoms with Crippen molar-refractivity contribution in [3.63, 3.8) is 0 Å². The van der Waals surface area contributed by atoms with E-state index >= 15 is 0 Å². The first-order valence-corrected chi connectivity index (χ1v) is 6.97. The molecule has 0 unspecified atom stereocenters. The van der Waals surface area contributed by atoms with Gasteiger partial charge in [-0.3, -0.25) is 0 Å². The second-order valence-corrected chi connectivity index (χ2v) is 5.08. The minimum absolute atomic E-state index is 0.0161. The maximum atomic E-state index is 11.8. The van der Waals surface area contributed by atoms with E-state index in [0.29, 0.717) is 31.7 Å². The predicted octanol–water partition coefficient (Wildman–Crippen LogP) is 3.30. The average Bonchev–Trinajstić information content (AvgIpc) is 2.35. The van der Waals surface area contributed by atoms with Gasteiger partial charge in [0.15, 0.2) is 0 Å². The molecular formula is C13H17BrF3NO2. The van der Waals surface area contributed by atoms with Crippen molar-refractivity contribution in [3.8, 4) is 5.75 Å². The molecule has 0 atom stereocenters. The Balaban J connectivity index is 2.31. The second-order valence-electron chi connectivity index (χ2n) is 4.16. The van der Waals surface area contributed by atoms with E-state index in [-0.39, 0.29) is 6.61 Å². The van der Waals surface area contributed by atoms with Crippen LogP contribution in [0.4, 0.5) is 13.2 Å². The summed E-state index contributed by atoms with van der Waals surface area (Å²) >= 11 is 3.36. The molecule has 0 saturated heterocycles. The molecule has 3 nitrogen and oxygen atoms in total. The highest BCUT2D eigenvalue weighted by Gasteiger charge is 2.27. The second kappa shape index (κ2) is 8.49. The van der Waals surface area contributed by atoms with Crippen LogP contribution in [0.3, 0.4) is 0 Å². The molecule has 0 aliphatic carbocycles. The normalized spacial score (nSPS) is 11.7. The maximum absolute atomic E-state index is 11.8. The third kappa shape index (κ3) is 7.12. The molecular weight excluding hydrogens is 339 g/mol. The summed E-state index contributed by atoms with van der Waals surface area (Å²) in [6.45, 7) is -0.398. The Labute approximate surface area is 124 Å². The fraction of sp³-hybridized carbons (Fsp3) is 0.538. The van der Waals surface area contributed by atoms with Gasteiger partial charge in [0.2, 0.25) is 0 Å². The molecule has 7 heteroatoms. The number of hydrogen-bond donors (Lipinski definition) is 1. The number of nitrogens with two attached hydrogens (primary N) is 1. The molecule has 0 heterocycles. The first kappa shape index (κ1) is 17.3. The van der Waals surface area contributed by atoms with Gasteiger partial charge in [0, 0.05) is 10.9 Å². The number of benzene rings is 1. The molecule has 1 aromatic carbocycles. The van der Waals surface area contributed by atoms with E-state index in [0.717, 1.165) is 10.0 Å². The Hall–Kier alpha value is -0.790. The number of rotatable bonds is 8. The summed E-state index contributed by atoms with van der Waals surface area (Å²) in [5.74, 6) is 0.703. The highest BCUT2D eigenvalue weighted by Crippen LogP contribution is 2.23. The lowest BCUT2D eigenvalue weighted by Gasteiger charge is -2.12. The summed E-state index contributed by atoms with van der Waals surface area (Å²) in [4.78, 5) is 0. The summed E-state index contributed by atoms with van der Waals surface area (Å²) in [7, 11) is 0. The molecule has 0 fully saturated rings. The smallest absolute Gasteiger partial charge is 0.411 e. The van der Waals surface area contributed by atoms with Crippen molar-refractivity contribution >= 4 is 15.9 Å². The van der Waals surface area contributed by atoms with Crippen molar-refractivity contribution in [1.29, 1.82) is 0 Å². The molecule has 0 amide bonds. The number of hydrogen-bond acceptors (Lipinski definition) is 3. The molecule has 0 spiro atoms. The van der Waals surface area contributed by atoms with Crippen LogP contribution in [-0.2, 0) is 11.2 Å². The highest BCUT2D eigenvalue weighted by atomic mass is 79.9. The summed E-state index contributed by atoms with van der Waals surface area (Å²) in [6.07, 6.45) is -3.20. The van der Waals surface area contributed by atoms with E-state index < -0.39 is 12.8 Å². The Morgan fingerprint density at radius 3 is 2.60 bits per heavy atom. The lowest BCUT2D eigenvalue weighted by atomic mass is 10.1. The van der Waals surface area contributed by atoms with Gasteiger partial charge in [-0.05, 0) is 36.7 Å². The molecule has 114 valence electrons. The van der Waals surface area contributed by atoms with Crippen molar-refractivity contribution in [2.45, 2.75) is 19.0 Å². The van der Waals surface area contributed by atoms with Crippen LogP contribution in [0.15, 0.2) is 22.7 Å². The molecule has 0 bridgehead atoms. The van der Waals surface area contributed by atoms with E-state index in [9.17, 15) is 13.2 Å². The third-order valence-corrected chi connectivity index (χ3v) is 2.89. The van der Waals surface area contributed by atoms with Crippen molar-refractivity contribution < 1.29 is 22.6 Å². The average molecular weight is 356 g/mol. The standard InChI is InChI=1S/C13H17BrF3NO2/c14-11-2-3-12(10(8-11)4-5-18)20-7-1-6-19-9-13(15,16)17/h2-3,8H,1,4-7,9,18H2. The first-order valence-electron chi connectivity index (χ1n) is 6.18. The Morgan fingerprint density at radius 2 is 1.95 bits per heavy atom. The van der Waals surface area contributed by atoms with E-state index in [1.807, 2.05) is 18.2 Å². The Bertz CT molecular complexity index is 413. The quantitative estimate of drug-likeness (QED) is 0.727. The molecule has 0 saturated carbocycles. The lowest BCUT2D eigenvalue weighted by Crippen LogP contribution is -2.18. The van der Waals surface area contributed by atoms with Crippen molar-refractivity contribution in [2.24, 2.45) is 5.73 Å². The topological polar surface area (TPSA) is 44.5 Å². The van der Waals surface area contributed by atoms with Crippen molar-refractivity contribution in [1.82, 2.24) is 0 Å². The van der Waals surface area contributed by atoms with Gasteiger partial charge in [0.25, 0.3) is 0 Å². The number of halogens is 4. The summed E-state index contributed by atoms with van der Waals surface area (Å²) in [5.41, 5.74) is 6.49. The van der Waals surface area contributed by atoms with Crippen LogP contribution >= 0.6 is 15.9 Å². The fourth-order valence-corrected chi connectivity index (χ4v) is 1.98. The van der Waals surface area contributed by atoms with Gasteiger partial charge >= 0.3 is 6.18 Å². The van der Waals surface area contributed by atoms with Crippen LogP contribution in [0.1, 0.15) is 12.0 Å². The van der Waals surface area contributed by atoms with Gasteiger partial charge in [-0.15, -0.1) is 0 Å². The van der Waals surface area contributed by atoms with Crippen LogP contribution in [-0.4, -0.2) is 32.5 Å². The van der Waals surface area contributed by atoms with Gasteiger partial charge in [-0.25, -0.2) is 0 Å². The van der Waals surface area contributed by atoms with Gasteiger partial charge in [0.1, 0.15) is 12.4 Å². The Morgan fingerprint density at radius 1 is 1.20 bits per heavy atom. The largest absolute Gasteiger partial charge is 0.493 e. The SMILES string of the molecule is NCCc1cc(Br)ccc1OCCCOCC(F)(F)F. The van der Waals surface area contributed by atoms with E-state index in [1.165, 1.54) is 0 Å². The fourth-order valence-electron chi connectivity index (χ4n) is 1.57. The molecule has 0 radical (unpaired) electrons. The summed E-state index contributed by atoms with van der Waals surface area (Å²) in [6, 6.07) is 5.57. The van der Waals surface area contributed by atoms with Gasteiger partial charge < -0.3 is 15.2 Å². The van der Waals surface area contributed by atoms with E-state index in [2.05, 4.69) is 20.7 Å². The van der Waals surface area contributed by atoms with Gasteiger partial charge in [-0.2, -0.15) is 13.2 Å². The van der Waals surface area contributed by atoms with Gasteiger partial charge in [0.05, 0.1) is 13.2 Å². The third-order valence-electron chi connectivity index (χ3n) is 2.39. The van der Waals surface area contributed by atoms with E-state index in [4.69, 9.17) is 10.5 Å². The molecule has 20 heavy (non-hydrogen) atoms. The van der Waals surface area contributed by atoms with Crippen LogP contribution in [0.25, 0.3) is 0 Å². The zero-order valence-corrected chi connectivity index (χ0v) is 12.5. The lowest BCUT2D eigenvalue weighted by molar-refractivity contribution is -0.174. The molecule has 0 aliphatic heterocycles. The minimum atomic E-state index is -4.28. The first-order chi connectivity index (χ1) is 9.42. The summed E-state index contributed by atoms with van der Waals surface area (Å²) in [5, 5.41) is 0. The molecule has 1 rings (SSSR count). The Kier molecular flexibility index (Phi) is 7.32. The number of ether oxygens (including phenoxy) is 2. The van der Waals surface area contributed by atoms with E-state index in [1.54, 1.807) is 0 Å². The molecule has 0 aliphatic rings. The van der Waals surface area contributed by atoms with Gasteiger partial charge in [-0.1, -0.05) is 15.9 Å². The zero-order valence-electron chi connectivity index (χ0n) is 10.9. The zero-order chi connectivity index (χ0) is 15.0.